The maximum absolute atomic E-state index is 14.6. The Morgan fingerprint density at radius 2 is 1.97 bits per heavy atom. The van der Waals surface area contributed by atoms with Crippen molar-refractivity contribution in [1.82, 2.24) is 19.7 Å². The summed E-state index contributed by atoms with van der Waals surface area (Å²) >= 11 is 6.31. The van der Waals surface area contributed by atoms with Crippen molar-refractivity contribution in [1.29, 1.82) is 0 Å². The molecule has 0 aliphatic carbocycles. The third-order valence-corrected chi connectivity index (χ3v) is 5.22. The zero-order valence-corrected chi connectivity index (χ0v) is 17.0. The van der Waals surface area contributed by atoms with Gasteiger partial charge in [-0.1, -0.05) is 35.9 Å². The van der Waals surface area contributed by atoms with Gasteiger partial charge in [0.25, 0.3) is 0 Å². The van der Waals surface area contributed by atoms with Gasteiger partial charge in [0.2, 0.25) is 0 Å². The van der Waals surface area contributed by atoms with Crippen LogP contribution in [0.3, 0.4) is 0 Å². The van der Waals surface area contributed by atoms with Crippen LogP contribution in [0.1, 0.15) is 25.0 Å². The summed E-state index contributed by atoms with van der Waals surface area (Å²) in [6.45, 7) is 4.46. The molecule has 0 amide bonds. The van der Waals surface area contributed by atoms with Crippen LogP contribution < -0.4 is 0 Å². The van der Waals surface area contributed by atoms with E-state index in [0.29, 0.717) is 11.6 Å². The fraction of sp³-hybridized carbons (Fsp3) is 0.333. The Balaban J connectivity index is 1.96. The molecular weight excluding hydrogens is 398 g/mol. The number of rotatable bonds is 8. The topological polar surface area (TPSA) is 54.2 Å². The highest BCUT2D eigenvalue weighted by atomic mass is 35.5. The van der Waals surface area contributed by atoms with Gasteiger partial charge in [-0.3, -0.25) is 4.90 Å². The van der Waals surface area contributed by atoms with Crippen molar-refractivity contribution in [3.63, 3.8) is 0 Å². The molecule has 1 unspecified atom stereocenters. The van der Waals surface area contributed by atoms with E-state index in [1.54, 1.807) is 6.07 Å². The molecule has 1 heterocycles. The number of hydrogen-bond acceptors (Lipinski definition) is 4. The van der Waals surface area contributed by atoms with Crippen molar-refractivity contribution < 1.29 is 13.9 Å². The lowest BCUT2D eigenvalue weighted by atomic mass is 9.91. The van der Waals surface area contributed by atoms with Gasteiger partial charge < -0.3 is 5.11 Å². The Labute approximate surface area is 173 Å². The van der Waals surface area contributed by atoms with Gasteiger partial charge in [0.1, 0.15) is 29.9 Å². The van der Waals surface area contributed by atoms with Crippen molar-refractivity contribution in [3.05, 3.63) is 82.9 Å². The molecule has 0 bridgehead atoms. The van der Waals surface area contributed by atoms with Crippen molar-refractivity contribution in [2.24, 2.45) is 0 Å². The second-order valence-electron chi connectivity index (χ2n) is 7.34. The molecule has 0 saturated heterocycles. The Bertz CT molecular complexity index is 952. The van der Waals surface area contributed by atoms with E-state index in [2.05, 4.69) is 10.1 Å². The van der Waals surface area contributed by atoms with E-state index >= 15 is 0 Å². The summed E-state index contributed by atoms with van der Waals surface area (Å²) in [5.74, 6) is -1.51. The van der Waals surface area contributed by atoms with Crippen LogP contribution in [0.4, 0.5) is 8.78 Å². The molecule has 154 valence electrons. The van der Waals surface area contributed by atoms with E-state index in [-0.39, 0.29) is 24.7 Å². The summed E-state index contributed by atoms with van der Waals surface area (Å²) < 4.78 is 29.5. The van der Waals surface area contributed by atoms with Gasteiger partial charge in [0.15, 0.2) is 0 Å². The number of aliphatic hydroxyl groups is 1. The molecule has 0 fully saturated rings. The minimum atomic E-state index is -1.67. The van der Waals surface area contributed by atoms with Gasteiger partial charge in [-0.25, -0.2) is 18.4 Å². The largest absolute Gasteiger partial charge is 0.382 e. The summed E-state index contributed by atoms with van der Waals surface area (Å²) in [4.78, 5) is 5.87. The molecule has 1 aromatic heterocycles. The lowest BCUT2D eigenvalue weighted by molar-refractivity contribution is -0.0312. The van der Waals surface area contributed by atoms with E-state index in [4.69, 9.17) is 11.6 Å². The molecule has 5 nitrogen and oxygen atoms in total. The summed E-state index contributed by atoms with van der Waals surface area (Å²) in [7, 11) is 0. The minimum absolute atomic E-state index is 0.000733. The number of nitrogens with zero attached hydrogens (tertiary/aromatic N) is 4. The van der Waals surface area contributed by atoms with Gasteiger partial charge in [-0.15, -0.1) is 0 Å². The normalized spacial score (nSPS) is 13.8. The van der Waals surface area contributed by atoms with Crippen molar-refractivity contribution in [2.45, 2.75) is 38.6 Å². The first kappa shape index (κ1) is 21.4. The average molecular weight is 421 g/mol. The second kappa shape index (κ2) is 8.98. The maximum Gasteiger partial charge on any atom is 0.137 e. The Kier molecular flexibility index (Phi) is 6.62. The summed E-state index contributed by atoms with van der Waals surface area (Å²) in [6, 6.07) is 10.7. The lowest BCUT2D eigenvalue weighted by Crippen LogP contribution is -2.46. The van der Waals surface area contributed by atoms with Crippen LogP contribution >= 0.6 is 11.6 Å². The van der Waals surface area contributed by atoms with Crippen LogP contribution in [0.2, 0.25) is 5.02 Å². The molecule has 0 saturated carbocycles. The van der Waals surface area contributed by atoms with Crippen LogP contribution in [0.15, 0.2) is 55.1 Å². The van der Waals surface area contributed by atoms with Gasteiger partial charge in [0, 0.05) is 35.8 Å². The summed E-state index contributed by atoms with van der Waals surface area (Å²) in [5, 5.41) is 16.2. The first-order chi connectivity index (χ1) is 13.8. The van der Waals surface area contributed by atoms with E-state index in [1.807, 2.05) is 36.9 Å². The zero-order valence-electron chi connectivity index (χ0n) is 16.3. The van der Waals surface area contributed by atoms with E-state index in [9.17, 15) is 13.9 Å². The van der Waals surface area contributed by atoms with Crippen molar-refractivity contribution >= 4 is 11.6 Å². The van der Waals surface area contributed by atoms with Gasteiger partial charge in [0.05, 0.1) is 6.54 Å². The van der Waals surface area contributed by atoms with Crippen LogP contribution in [0, 0.1) is 11.6 Å². The Morgan fingerprint density at radius 1 is 1.21 bits per heavy atom. The standard InChI is InChI=1S/C21H23ClF2N4O/c1-15(2)27(10-16-5-3-4-6-19(16)22)11-21(29,12-28-14-25-13-26-28)18-8-7-17(23)9-20(18)24/h3-9,13-15,29H,10-12H2,1-2H3. The molecule has 2 aromatic carbocycles. The average Bonchev–Trinajstić information content (AvgIpc) is 3.15. The molecule has 3 aromatic rings. The minimum Gasteiger partial charge on any atom is -0.382 e. The number of aromatic nitrogens is 3. The molecule has 0 aliphatic rings. The SMILES string of the molecule is CC(C)N(Cc1ccccc1Cl)CC(O)(Cn1cncn1)c1ccc(F)cc1F. The molecule has 3 rings (SSSR count). The second-order valence-corrected chi connectivity index (χ2v) is 7.75. The van der Waals surface area contributed by atoms with Crippen LogP contribution in [-0.4, -0.2) is 37.4 Å². The molecule has 1 atom stereocenters. The third-order valence-electron chi connectivity index (χ3n) is 4.85. The highest BCUT2D eigenvalue weighted by Gasteiger charge is 2.36. The fourth-order valence-electron chi connectivity index (χ4n) is 3.27. The fourth-order valence-corrected chi connectivity index (χ4v) is 3.47. The number of halogens is 3. The lowest BCUT2D eigenvalue weighted by Gasteiger charge is -2.37. The molecular formula is C21H23ClF2N4O. The Hall–Kier alpha value is -2.35. The van der Waals surface area contributed by atoms with Gasteiger partial charge >= 0.3 is 0 Å². The smallest absolute Gasteiger partial charge is 0.137 e. The zero-order chi connectivity index (χ0) is 21.0. The van der Waals surface area contributed by atoms with Crippen molar-refractivity contribution in [2.75, 3.05) is 6.54 Å². The summed E-state index contributed by atoms with van der Waals surface area (Å²) in [6.07, 6.45) is 2.78. The quantitative estimate of drug-likeness (QED) is 0.598. The predicted octanol–water partition coefficient (Wildman–Crippen LogP) is 4.01. The molecule has 0 aliphatic heterocycles. The Morgan fingerprint density at radius 3 is 2.59 bits per heavy atom. The van der Waals surface area contributed by atoms with E-state index in [0.717, 1.165) is 17.7 Å². The van der Waals surface area contributed by atoms with Gasteiger partial charge in [-0.05, 0) is 31.5 Å². The van der Waals surface area contributed by atoms with Crippen molar-refractivity contribution in [3.8, 4) is 0 Å². The highest BCUT2D eigenvalue weighted by Crippen LogP contribution is 2.29. The van der Waals surface area contributed by atoms with Crippen LogP contribution in [0.25, 0.3) is 0 Å². The molecule has 8 heteroatoms. The van der Waals surface area contributed by atoms with E-state index < -0.39 is 17.2 Å². The monoisotopic (exact) mass is 420 g/mol. The number of hydrogen-bond donors (Lipinski definition) is 1. The third kappa shape index (κ3) is 5.18. The highest BCUT2D eigenvalue weighted by molar-refractivity contribution is 6.31. The maximum atomic E-state index is 14.6. The predicted molar refractivity (Wildman–Crippen MR) is 107 cm³/mol. The summed E-state index contributed by atoms with van der Waals surface area (Å²) in [5.41, 5.74) is -0.776. The first-order valence-corrected chi connectivity index (χ1v) is 9.64. The van der Waals surface area contributed by atoms with E-state index in [1.165, 1.54) is 23.4 Å². The molecule has 0 spiro atoms. The van der Waals surface area contributed by atoms with Crippen LogP contribution in [-0.2, 0) is 18.7 Å². The first-order valence-electron chi connectivity index (χ1n) is 9.26. The molecule has 1 N–H and O–H groups in total. The van der Waals surface area contributed by atoms with Gasteiger partial charge in [-0.2, -0.15) is 5.10 Å². The molecule has 0 radical (unpaired) electrons. The number of benzene rings is 2. The molecule has 29 heavy (non-hydrogen) atoms. The van der Waals surface area contributed by atoms with Crippen LogP contribution in [0.5, 0.6) is 0 Å².